The molecule has 106 valence electrons. The van der Waals surface area contributed by atoms with E-state index in [1.165, 1.54) is 12.3 Å². The molecule has 0 radical (unpaired) electrons. The minimum atomic E-state index is -0.349. The molecular weight excluding hydrogens is 253 g/mol. The molecule has 0 bridgehead atoms. The summed E-state index contributed by atoms with van der Waals surface area (Å²) in [5, 5.41) is 0. The number of para-hydroxylation sites is 1. The first-order chi connectivity index (χ1) is 9.76. The summed E-state index contributed by atoms with van der Waals surface area (Å²) in [5.41, 5.74) is 7.51. The van der Waals surface area contributed by atoms with Gasteiger partial charge < -0.3 is 10.6 Å². The molecule has 0 spiro atoms. The highest BCUT2D eigenvalue weighted by molar-refractivity contribution is 5.62. The van der Waals surface area contributed by atoms with Gasteiger partial charge in [-0.05, 0) is 24.6 Å². The van der Waals surface area contributed by atoms with Gasteiger partial charge in [0, 0.05) is 24.3 Å². The molecule has 1 heterocycles. The van der Waals surface area contributed by atoms with Crippen molar-refractivity contribution >= 4 is 11.5 Å². The van der Waals surface area contributed by atoms with Crippen LogP contribution in [0.15, 0.2) is 42.6 Å². The molecule has 0 saturated heterocycles. The van der Waals surface area contributed by atoms with E-state index in [-0.39, 0.29) is 12.4 Å². The number of aromatic nitrogens is 1. The van der Waals surface area contributed by atoms with Crippen LogP contribution in [0.3, 0.4) is 0 Å². The Morgan fingerprint density at radius 2 is 2.00 bits per heavy atom. The predicted molar refractivity (Wildman–Crippen MR) is 80.4 cm³/mol. The van der Waals surface area contributed by atoms with E-state index in [0.29, 0.717) is 0 Å². The number of halogens is 1. The average Bonchev–Trinajstić information content (AvgIpc) is 2.49. The van der Waals surface area contributed by atoms with E-state index in [9.17, 15) is 4.39 Å². The number of nitrogens with two attached hydrogens (primary N) is 1. The Morgan fingerprint density at radius 1 is 1.25 bits per heavy atom. The lowest BCUT2D eigenvalue weighted by molar-refractivity contribution is 0.617. The van der Waals surface area contributed by atoms with Gasteiger partial charge >= 0.3 is 0 Å². The van der Waals surface area contributed by atoms with Crippen molar-refractivity contribution in [2.45, 2.75) is 26.3 Å². The number of rotatable bonds is 6. The number of hydrogen-bond donors (Lipinski definition) is 1. The molecule has 0 aliphatic carbocycles. The van der Waals surface area contributed by atoms with Crippen molar-refractivity contribution in [3.63, 3.8) is 0 Å². The van der Waals surface area contributed by atoms with Crippen molar-refractivity contribution in [2.75, 3.05) is 11.4 Å². The highest BCUT2D eigenvalue weighted by Gasteiger charge is 2.14. The molecule has 2 N–H and O–H groups in total. The molecule has 0 fully saturated rings. The maximum Gasteiger partial charge on any atom is 0.141 e. The summed E-state index contributed by atoms with van der Waals surface area (Å²) in [4.78, 5) is 6.35. The van der Waals surface area contributed by atoms with Crippen molar-refractivity contribution in [3.05, 3.63) is 54.0 Å². The topological polar surface area (TPSA) is 42.2 Å². The fourth-order valence-corrected chi connectivity index (χ4v) is 2.15. The lowest BCUT2D eigenvalue weighted by Crippen LogP contribution is -2.22. The molecule has 0 aliphatic heterocycles. The smallest absolute Gasteiger partial charge is 0.141 e. The van der Waals surface area contributed by atoms with E-state index < -0.39 is 0 Å². The number of anilines is 2. The maximum atomic E-state index is 13.3. The van der Waals surface area contributed by atoms with E-state index >= 15 is 0 Å². The maximum absolute atomic E-state index is 13.3. The van der Waals surface area contributed by atoms with Gasteiger partial charge in [-0.1, -0.05) is 31.5 Å². The van der Waals surface area contributed by atoms with Crippen LogP contribution in [0.2, 0.25) is 0 Å². The van der Waals surface area contributed by atoms with E-state index in [2.05, 4.69) is 16.8 Å². The molecule has 0 saturated carbocycles. The monoisotopic (exact) mass is 273 g/mol. The van der Waals surface area contributed by atoms with Crippen LogP contribution in [0.4, 0.5) is 15.9 Å². The fraction of sp³-hybridized carbons (Fsp3) is 0.312. The first-order valence-electron chi connectivity index (χ1n) is 6.93. The summed E-state index contributed by atoms with van der Waals surface area (Å²) in [6, 6.07) is 11.5. The van der Waals surface area contributed by atoms with E-state index in [1.54, 1.807) is 0 Å². The lowest BCUT2D eigenvalue weighted by atomic mass is 10.2. The summed E-state index contributed by atoms with van der Waals surface area (Å²) >= 11 is 0. The molecule has 0 amide bonds. The molecule has 3 nitrogen and oxygen atoms in total. The summed E-state index contributed by atoms with van der Waals surface area (Å²) in [6.07, 6.45) is 3.37. The first-order valence-corrected chi connectivity index (χ1v) is 6.93. The Bertz CT molecular complexity index is 543. The molecule has 0 atom stereocenters. The Balaban J connectivity index is 2.41. The Hall–Kier alpha value is -1.94. The van der Waals surface area contributed by atoms with Gasteiger partial charge in [-0.2, -0.15) is 0 Å². The molecular formula is C16H20FN3. The third-order valence-corrected chi connectivity index (χ3v) is 3.19. The van der Waals surface area contributed by atoms with E-state index in [0.717, 1.165) is 36.5 Å². The summed E-state index contributed by atoms with van der Waals surface area (Å²) in [6.45, 7) is 3.26. The second-order valence-electron chi connectivity index (χ2n) is 4.68. The van der Waals surface area contributed by atoms with Gasteiger partial charge in [0.05, 0.1) is 6.20 Å². The van der Waals surface area contributed by atoms with Crippen molar-refractivity contribution in [1.82, 2.24) is 4.98 Å². The van der Waals surface area contributed by atoms with Crippen molar-refractivity contribution < 1.29 is 4.39 Å². The van der Waals surface area contributed by atoms with Gasteiger partial charge in [-0.3, -0.25) is 0 Å². The molecule has 2 rings (SSSR count). The quantitative estimate of drug-likeness (QED) is 0.874. The zero-order valence-electron chi connectivity index (χ0n) is 11.7. The first kappa shape index (κ1) is 14.5. The van der Waals surface area contributed by atoms with Crippen LogP contribution in [0, 0.1) is 5.82 Å². The predicted octanol–water partition coefficient (Wildman–Crippen LogP) is 3.62. The Morgan fingerprint density at radius 3 is 2.65 bits per heavy atom. The van der Waals surface area contributed by atoms with Gasteiger partial charge in [0.25, 0.3) is 0 Å². The molecule has 1 aromatic carbocycles. The van der Waals surface area contributed by atoms with Crippen LogP contribution in [0.25, 0.3) is 0 Å². The van der Waals surface area contributed by atoms with Gasteiger partial charge in [0.15, 0.2) is 0 Å². The van der Waals surface area contributed by atoms with Gasteiger partial charge in [0.2, 0.25) is 0 Å². The SMILES string of the molecule is CCCCN(c1ccccc1)c1ncc(F)cc1CN. The van der Waals surface area contributed by atoms with Crippen LogP contribution in [-0.4, -0.2) is 11.5 Å². The average molecular weight is 273 g/mol. The zero-order valence-corrected chi connectivity index (χ0v) is 11.7. The van der Waals surface area contributed by atoms with Crippen LogP contribution in [0.5, 0.6) is 0 Å². The second-order valence-corrected chi connectivity index (χ2v) is 4.68. The number of pyridine rings is 1. The summed E-state index contributed by atoms with van der Waals surface area (Å²) in [5.74, 6) is 0.395. The zero-order chi connectivity index (χ0) is 14.4. The van der Waals surface area contributed by atoms with Crippen molar-refractivity contribution in [3.8, 4) is 0 Å². The minimum absolute atomic E-state index is 0.273. The van der Waals surface area contributed by atoms with Crippen LogP contribution in [-0.2, 0) is 6.54 Å². The van der Waals surface area contributed by atoms with Crippen LogP contribution >= 0.6 is 0 Å². The lowest BCUT2D eigenvalue weighted by Gasteiger charge is -2.25. The van der Waals surface area contributed by atoms with Crippen molar-refractivity contribution in [1.29, 1.82) is 0 Å². The highest BCUT2D eigenvalue weighted by Crippen LogP contribution is 2.27. The van der Waals surface area contributed by atoms with Gasteiger partial charge in [-0.15, -0.1) is 0 Å². The van der Waals surface area contributed by atoms with Gasteiger partial charge in [-0.25, -0.2) is 9.37 Å². The molecule has 0 unspecified atom stereocenters. The second kappa shape index (κ2) is 7.01. The van der Waals surface area contributed by atoms with Crippen molar-refractivity contribution in [2.24, 2.45) is 5.73 Å². The largest absolute Gasteiger partial charge is 0.326 e. The highest BCUT2D eigenvalue weighted by atomic mass is 19.1. The number of nitrogens with zero attached hydrogens (tertiary/aromatic N) is 2. The standard InChI is InChI=1S/C16H20FN3/c1-2-3-9-20(15-7-5-4-6-8-15)16-13(11-18)10-14(17)12-19-16/h4-8,10,12H,2-3,9,11,18H2,1H3. The normalized spacial score (nSPS) is 10.6. The van der Waals surface area contributed by atoms with Crippen LogP contribution in [0.1, 0.15) is 25.3 Å². The molecule has 2 aromatic rings. The molecule has 20 heavy (non-hydrogen) atoms. The minimum Gasteiger partial charge on any atom is -0.326 e. The third-order valence-electron chi connectivity index (χ3n) is 3.19. The summed E-state index contributed by atoms with van der Waals surface area (Å²) in [7, 11) is 0. The Kier molecular flexibility index (Phi) is 5.07. The molecule has 4 heteroatoms. The number of hydrogen-bond acceptors (Lipinski definition) is 3. The molecule has 0 aliphatic rings. The van der Waals surface area contributed by atoms with E-state index in [1.807, 2.05) is 30.3 Å². The third kappa shape index (κ3) is 3.33. The number of unbranched alkanes of at least 4 members (excludes halogenated alkanes) is 1. The van der Waals surface area contributed by atoms with Gasteiger partial charge in [0.1, 0.15) is 11.6 Å². The van der Waals surface area contributed by atoms with E-state index in [4.69, 9.17) is 5.73 Å². The summed E-state index contributed by atoms with van der Waals surface area (Å²) < 4.78 is 13.3. The fourth-order valence-electron chi connectivity index (χ4n) is 2.15. The van der Waals surface area contributed by atoms with Crippen LogP contribution < -0.4 is 10.6 Å². The number of benzene rings is 1. The Labute approximate surface area is 119 Å². The molecule has 1 aromatic heterocycles.